The van der Waals surface area contributed by atoms with Crippen molar-refractivity contribution >= 4 is 35.3 Å². The Morgan fingerprint density at radius 3 is 2.62 bits per heavy atom. The van der Waals surface area contributed by atoms with Crippen LogP contribution in [0.5, 0.6) is 11.5 Å². The summed E-state index contributed by atoms with van der Waals surface area (Å²) in [7, 11) is 0. The largest absolute Gasteiger partial charge is 0.507 e. The van der Waals surface area contributed by atoms with E-state index in [0.29, 0.717) is 28.6 Å². The van der Waals surface area contributed by atoms with Crippen molar-refractivity contribution in [3.63, 3.8) is 0 Å². The first-order chi connectivity index (χ1) is 12.5. The van der Waals surface area contributed by atoms with Crippen LogP contribution in [0.25, 0.3) is 0 Å². The molecule has 0 bridgehead atoms. The molecule has 0 saturated carbocycles. The van der Waals surface area contributed by atoms with Gasteiger partial charge in [0.2, 0.25) is 11.8 Å². The van der Waals surface area contributed by atoms with Crippen molar-refractivity contribution in [1.29, 1.82) is 0 Å². The third-order valence-corrected chi connectivity index (χ3v) is 3.39. The lowest BCUT2D eigenvalue weighted by Gasteiger charge is -2.06. The highest BCUT2D eigenvalue weighted by Crippen LogP contribution is 2.19. The molecular formula is C18H18ClN3O4. The number of nitrogens with zero attached hydrogens (tertiary/aromatic N) is 1. The Morgan fingerprint density at radius 2 is 1.92 bits per heavy atom. The Hall–Kier alpha value is -3.06. The normalized spacial score (nSPS) is 10.5. The van der Waals surface area contributed by atoms with Crippen molar-refractivity contribution in [2.75, 3.05) is 11.9 Å². The lowest BCUT2D eigenvalue weighted by molar-refractivity contribution is -0.126. The third kappa shape index (κ3) is 6.10. The Bertz CT molecular complexity index is 807. The Labute approximate surface area is 155 Å². The number of nitrogens with one attached hydrogen (secondary N) is 2. The maximum Gasteiger partial charge on any atom is 0.249 e. The van der Waals surface area contributed by atoms with Gasteiger partial charge in [-0.25, -0.2) is 5.43 Å². The van der Waals surface area contributed by atoms with E-state index in [9.17, 15) is 14.7 Å². The number of ether oxygens (including phenoxy) is 1. The zero-order valence-corrected chi connectivity index (χ0v) is 14.8. The Balaban J connectivity index is 1.82. The minimum absolute atomic E-state index is 0.0272. The fourth-order valence-electron chi connectivity index (χ4n) is 1.99. The van der Waals surface area contributed by atoms with Crippen LogP contribution >= 0.6 is 11.6 Å². The van der Waals surface area contributed by atoms with Gasteiger partial charge in [-0.3, -0.25) is 9.59 Å². The number of amides is 2. The highest BCUT2D eigenvalue weighted by Gasteiger charge is 2.09. The summed E-state index contributed by atoms with van der Waals surface area (Å²) in [5.74, 6) is -0.402. The predicted molar refractivity (Wildman–Crippen MR) is 99.7 cm³/mol. The molecule has 0 heterocycles. The van der Waals surface area contributed by atoms with Crippen LogP contribution in [0.15, 0.2) is 47.6 Å². The van der Waals surface area contributed by atoms with Crippen molar-refractivity contribution < 1.29 is 19.4 Å². The first kappa shape index (κ1) is 19.3. The molecule has 0 aliphatic heterocycles. The van der Waals surface area contributed by atoms with E-state index >= 15 is 0 Å². The number of phenolic OH excluding ortho intramolecular Hbond substituents is 1. The number of phenols is 1. The summed E-state index contributed by atoms with van der Waals surface area (Å²) in [6.45, 7) is 2.43. The van der Waals surface area contributed by atoms with Crippen molar-refractivity contribution in [1.82, 2.24) is 5.43 Å². The van der Waals surface area contributed by atoms with Gasteiger partial charge in [-0.05, 0) is 49.4 Å². The average Bonchev–Trinajstić information content (AvgIpc) is 2.60. The molecule has 0 aliphatic rings. The smallest absolute Gasteiger partial charge is 0.249 e. The SMILES string of the molecule is CCOc1ccc(NC(=O)CC(=O)NN=Cc2cc(Cl)ccc2O)cc1. The second-order valence-electron chi connectivity index (χ2n) is 5.18. The molecule has 2 aromatic rings. The number of halogens is 1. The van der Waals surface area contributed by atoms with E-state index in [1.807, 2.05) is 6.92 Å². The van der Waals surface area contributed by atoms with Crippen LogP contribution in [-0.4, -0.2) is 29.7 Å². The molecule has 0 fully saturated rings. The van der Waals surface area contributed by atoms with Gasteiger partial charge in [0.05, 0.1) is 12.8 Å². The highest BCUT2D eigenvalue weighted by molar-refractivity contribution is 6.30. The zero-order chi connectivity index (χ0) is 18.9. The first-order valence-corrected chi connectivity index (χ1v) is 8.19. The van der Waals surface area contributed by atoms with Crippen LogP contribution in [0.3, 0.4) is 0 Å². The van der Waals surface area contributed by atoms with Crippen LogP contribution in [-0.2, 0) is 9.59 Å². The van der Waals surface area contributed by atoms with Crippen LogP contribution < -0.4 is 15.5 Å². The van der Waals surface area contributed by atoms with Crippen molar-refractivity contribution in [3.05, 3.63) is 53.1 Å². The quantitative estimate of drug-likeness (QED) is 0.393. The number of hydrogen-bond acceptors (Lipinski definition) is 5. The zero-order valence-electron chi connectivity index (χ0n) is 14.0. The molecule has 0 aliphatic carbocycles. The number of carbonyl (C=O) groups is 2. The van der Waals surface area contributed by atoms with Crippen LogP contribution in [0.4, 0.5) is 5.69 Å². The van der Waals surface area contributed by atoms with Gasteiger partial charge in [-0.2, -0.15) is 5.10 Å². The number of hydrogen-bond donors (Lipinski definition) is 3. The van der Waals surface area contributed by atoms with Gasteiger partial charge in [0.25, 0.3) is 0 Å². The first-order valence-electron chi connectivity index (χ1n) is 7.81. The van der Waals surface area contributed by atoms with Crippen molar-refractivity contribution in [2.45, 2.75) is 13.3 Å². The second kappa shape index (κ2) is 9.43. The van der Waals surface area contributed by atoms with Gasteiger partial charge in [-0.15, -0.1) is 0 Å². The van der Waals surface area contributed by atoms with Gasteiger partial charge in [0, 0.05) is 16.3 Å². The van der Waals surface area contributed by atoms with Crippen molar-refractivity contribution in [2.24, 2.45) is 5.10 Å². The minimum atomic E-state index is -0.591. The molecule has 136 valence electrons. The van der Waals surface area contributed by atoms with E-state index in [-0.39, 0.29) is 5.75 Å². The molecule has 2 aromatic carbocycles. The molecule has 0 unspecified atom stereocenters. The number of rotatable bonds is 7. The van der Waals surface area contributed by atoms with Gasteiger partial charge >= 0.3 is 0 Å². The molecular weight excluding hydrogens is 358 g/mol. The molecule has 8 heteroatoms. The van der Waals surface area contributed by atoms with Gasteiger partial charge < -0.3 is 15.2 Å². The topological polar surface area (TPSA) is 100 Å². The van der Waals surface area contributed by atoms with E-state index in [1.165, 1.54) is 24.4 Å². The summed E-state index contributed by atoms with van der Waals surface area (Å²) in [4.78, 5) is 23.6. The van der Waals surface area contributed by atoms with Crippen LogP contribution in [0.1, 0.15) is 18.9 Å². The predicted octanol–water partition coefficient (Wildman–Crippen LogP) is 2.92. The molecule has 3 N–H and O–H groups in total. The molecule has 7 nitrogen and oxygen atoms in total. The molecule has 0 radical (unpaired) electrons. The molecule has 26 heavy (non-hydrogen) atoms. The number of anilines is 1. The summed E-state index contributed by atoms with van der Waals surface area (Å²) in [6, 6.07) is 11.2. The minimum Gasteiger partial charge on any atom is -0.507 e. The van der Waals surface area contributed by atoms with Crippen molar-refractivity contribution in [3.8, 4) is 11.5 Å². The third-order valence-electron chi connectivity index (χ3n) is 3.15. The molecule has 2 amide bonds. The lowest BCUT2D eigenvalue weighted by atomic mass is 10.2. The van der Waals surface area contributed by atoms with Gasteiger partial charge in [-0.1, -0.05) is 11.6 Å². The van der Waals surface area contributed by atoms with E-state index in [4.69, 9.17) is 16.3 Å². The average molecular weight is 376 g/mol. The maximum atomic E-state index is 11.9. The monoisotopic (exact) mass is 375 g/mol. The number of carbonyl (C=O) groups excluding carboxylic acids is 2. The summed E-state index contributed by atoms with van der Waals surface area (Å²) >= 11 is 5.81. The van der Waals surface area contributed by atoms with Crippen LogP contribution in [0, 0.1) is 0 Å². The summed E-state index contributed by atoms with van der Waals surface area (Å²) < 4.78 is 5.31. The Morgan fingerprint density at radius 1 is 1.19 bits per heavy atom. The van der Waals surface area contributed by atoms with Gasteiger partial charge in [0.15, 0.2) is 0 Å². The lowest BCUT2D eigenvalue weighted by Crippen LogP contribution is -2.24. The van der Waals surface area contributed by atoms with E-state index in [1.54, 1.807) is 24.3 Å². The molecule has 0 atom stereocenters. The molecule has 0 aromatic heterocycles. The highest BCUT2D eigenvalue weighted by atomic mass is 35.5. The molecule has 2 rings (SSSR count). The van der Waals surface area contributed by atoms with Gasteiger partial charge in [0.1, 0.15) is 17.9 Å². The summed E-state index contributed by atoms with van der Waals surface area (Å²) in [5, 5.41) is 16.3. The number of benzene rings is 2. The maximum absolute atomic E-state index is 11.9. The van der Waals surface area contributed by atoms with E-state index in [0.717, 1.165) is 0 Å². The Kier molecular flexibility index (Phi) is 6.99. The van der Waals surface area contributed by atoms with E-state index in [2.05, 4.69) is 15.8 Å². The summed E-state index contributed by atoms with van der Waals surface area (Å²) in [5.41, 5.74) is 3.11. The standard InChI is InChI=1S/C18H18ClN3O4/c1-2-26-15-6-4-14(5-7-15)21-17(24)10-18(25)22-20-11-12-9-13(19)3-8-16(12)23/h3-9,11,23H,2,10H2,1H3,(H,21,24)(H,22,25). The molecule has 0 saturated heterocycles. The second-order valence-corrected chi connectivity index (χ2v) is 5.62. The number of aromatic hydroxyl groups is 1. The van der Waals surface area contributed by atoms with E-state index < -0.39 is 18.2 Å². The fraction of sp³-hybridized carbons (Fsp3) is 0.167. The fourth-order valence-corrected chi connectivity index (χ4v) is 2.17. The number of hydrazone groups is 1. The van der Waals surface area contributed by atoms with Crippen LogP contribution in [0.2, 0.25) is 5.02 Å². The molecule has 0 spiro atoms. The summed E-state index contributed by atoms with van der Waals surface area (Å²) in [6.07, 6.45) is 0.843.